The lowest BCUT2D eigenvalue weighted by atomic mass is 9.86. The maximum Gasteiger partial charge on any atom is 0.239 e. The molecule has 3 aliphatic rings. The van der Waals surface area contributed by atoms with Crippen LogP contribution in [0.1, 0.15) is 32.1 Å². The quantitative estimate of drug-likeness (QED) is 0.682. The molecule has 0 spiro atoms. The average molecular weight is 251 g/mol. The van der Waals surface area contributed by atoms with E-state index in [1.807, 2.05) is 4.90 Å². The highest BCUT2D eigenvalue weighted by molar-refractivity contribution is 5.88. The second-order valence-corrected chi connectivity index (χ2v) is 5.68. The maximum atomic E-state index is 12.5. The van der Waals surface area contributed by atoms with Crippen LogP contribution in [0.4, 0.5) is 0 Å². The molecule has 2 saturated heterocycles. The van der Waals surface area contributed by atoms with Gasteiger partial charge in [0.25, 0.3) is 0 Å². The molecule has 2 heterocycles. The molecule has 0 aromatic carbocycles. The molecule has 3 fully saturated rings. The van der Waals surface area contributed by atoms with Crippen molar-refractivity contribution in [1.29, 1.82) is 0 Å². The number of carbonyl (C=O) groups is 2. The van der Waals surface area contributed by atoms with Gasteiger partial charge in [0.1, 0.15) is 0 Å². The molecule has 0 aromatic rings. The van der Waals surface area contributed by atoms with E-state index in [9.17, 15) is 9.59 Å². The summed E-state index contributed by atoms with van der Waals surface area (Å²) >= 11 is 0. The molecule has 0 aromatic heterocycles. The van der Waals surface area contributed by atoms with E-state index in [0.29, 0.717) is 0 Å². The smallest absolute Gasteiger partial charge is 0.239 e. The van der Waals surface area contributed by atoms with Gasteiger partial charge in [-0.15, -0.1) is 0 Å². The van der Waals surface area contributed by atoms with E-state index >= 15 is 0 Å². The third-order valence-electron chi connectivity index (χ3n) is 4.48. The van der Waals surface area contributed by atoms with E-state index < -0.39 is 0 Å². The van der Waals surface area contributed by atoms with Gasteiger partial charge in [-0.05, 0) is 25.8 Å². The third kappa shape index (κ3) is 2.11. The molecule has 2 N–H and O–H groups in total. The highest BCUT2D eigenvalue weighted by atomic mass is 16.2. The van der Waals surface area contributed by atoms with Crippen molar-refractivity contribution in [3.63, 3.8) is 0 Å². The average Bonchev–Trinajstić information content (AvgIpc) is 2.90. The fourth-order valence-corrected chi connectivity index (χ4v) is 3.52. The lowest BCUT2D eigenvalue weighted by Crippen LogP contribution is -2.63. The monoisotopic (exact) mass is 251 g/mol. The summed E-state index contributed by atoms with van der Waals surface area (Å²) in [6.45, 7) is 1.95. The summed E-state index contributed by atoms with van der Waals surface area (Å²) in [5.41, 5.74) is 0. The number of rotatable bonds is 1. The van der Waals surface area contributed by atoms with Gasteiger partial charge in [0.05, 0.1) is 18.5 Å². The molecule has 2 aliphatic heterocycles. The topological polar surface area (TPSA) is 61.4 Å². The maximum absolute atomic E-state index is 12.5. The molecule has 3 rings (SSSR count). The Hall–Kier alpha value is -1.10. The molecule has 3 unspecified atom stereocenters. The Morgan fingerprint density at radius 3 is 2.83 bits per heavy atom. The van der Waals surface area contributed by atoms with Crippen LogP contribution in [0, 0.1) is 5.92 Å². The van der Waals surface area contributed by atoms with Crippen molar-refractivity contribution in [2.24, 2.45) is 5.92 Å². The SMILES string of the molecule is O=C1CN(C(=O)C2CCNC2)C2CCCCC2N1. The molecular weight excluding hydrogens is 230 g/mol. The van der Waals surface area contributed by atoms with Crippen molar-refractivity contribution in [3.05, 3.63) is 0 Å². The van der Waals surface area contributed by atoms with Crippen molar-refractivity contribution >= 4 is 11.8 Å². The Labute approximate surface area is 107 Å². The molecular formula is C13H21N3O2. The summed E-state index contributed by atoms with van der Waals surface area (Å²) in [6, 6.07) is 0.433. The minimum atomic E-state index is 0.0115. The highest BCUT2D eigenvalue weighted by Gasteiger charge is 2.40. The number of nitrogens with zero attached hydrogens (tertiary/aromatic N) is 1. The van der Waals surface area contributed by atoms with E-state index in [2.05, 4.69) is 10.6 Å². The number of amides is 2. The van der Waals surface area contributed by atoms with E-state index in [1.54, 1.807) is 0 Å². The van der Waals surface area contributed by atoms with Crippen LogP contribution >= 0.6 is 0 Å². The first-order valence-electron chi connectivity index (χ1n) is 7.06. The normalized spacial score (nSPS) is 36.1. The van der Waals surface area contributed by atoms with Crippen LogP contribution < -0.4 is 10.6 Å². The molecule has 100 valence electrons. The zero-order chi connectivity index (χ0) is 12.5. The predicted octanol–water partition coefficient (Wildman–Crippen LogP) is -0.134. The van der Waals surface area contributed by atoms with E-state index in [1.165, 1.54) is 6.42 Å². The Bertz CT molecular complexity index is 352. The lowest BCUT2D eigenvalue weighted by molar-refractivity contribution is -0.147. The van der Waals surface area contributed by atoms with Crippen molar-refractivity contribution in [2.45, 2.75) is 44.2 Å². The second-order valence-electron chi connectivity index (χ2n) is 5.68. The Kier molecular flexibility index (Phi) is 3.24. The van der Waals surface area contributed by atoms with Crippen molar-refractivity contribution < 1.29 is 9.59 Å². The summed E-state index contributed by atoms with van der Waals surface area (Å²) in [7, 11) is 0. The molecule has 0 radical (unpaired) electrons. The van der Waals surface area contributed by atoms with Crippen molar-refractivity contribution in [1.82, 2.24) is 15.5 Å². The van der Waals surface area contributed by atoms with E-state index in [-0.39, 0.29) is 36.4 Å². The van der Waals surface area contributed by atoms with Gasteiger partial charge < -0.3 is 15.5 Å². The van der Waals surface area contributed by atoms with Crippen molar-refractivity contribution in [2.75, 3.05) is 19.6 Å². The summed E-state index contributed by atoms with van der Waals surface area (Å²) in [5.74, 6) is 0.280. The fourth-order valence-electron chi connectivity index (χ4n) is 3.52. The van der Waals surface area contributed by atoms with Crippen LogP contribution in [0.5, 0.6) is 0 Å². The van der Waals surface area contributed by atoms with E-state index in [4.69, 9.17) is 0 Å². The Balaban J connectivity index is 1.75. The van der Waals surface area contributed by atoms with Gasteiger partial charge in [-0.25, -0.2) is 0 Å². The first-order chi connectivity index (χ1) is 8.75. The van der Waals surface area contributed by atoms with Gasteiger partial charge in [-0.2, -0.15) is 0 Å². The van der Waals surface area contributed by atoms with Gasteiger partial charge in [0, 0.05) is 12.6 Å². The zero-order valence-corrected chi connectivity index (χ0v) is 10.7. The van der Waals surface area contributed by atoms with Gasteiger partial charge in [-0.3, -0.25) is 9.59 Å². The summed E-state index contributed by atoms with van der Waals surface area (Å²) < 4.78 is 0. The summed E-state index contributed by atoms with van der Waals surface area (Å²) in [4.78, 5) is 26.1. The number of hydrogen-bond acceptors (Lipinski definition) is 3. The van der Waals surface area contributed by atoms with Gasteiger partial charge in [0.2, 0.25) is 11.8 Å². The second kappa shape index (κ2) is 4.88. The van der Waals surface area contributed by atoms with Crippen LogP contribution in [-0.4, -0.2) is 48.4 Å². The fraction of sp³-hybridized carbons (Fsp3) is 0.846. The number of fused-ring (bicyclic) bond motifs is 1. The number of piperazine rings is 1. The molecule has 18 heavy (non-hydrogen) atoms. The molecule has 2 amide bonds. The molecule has 0 bridgehead atoms. The summed E-state index contributed by atoms with van der Waals surface area (Å²) in [6.07, 6.45) is 5.30. The predicted molar refractivity (Wildman–Crippen MR) is 66.9 cm³/mol. The van der Waals surface area contributed by atoms with Crippen LogP contribution in [0.15, 0.2) is 0 Å². The van der Waals surface area contributed by atoms with Gasteiger partial charge in [-0.1, -0.05) is 12.8 Å². The molecule has 5 heteroatoms. The number of carbonyl (C=O) groups excluding carboxylic acids is 2. The van der Waals surface area contributed by atoms with E-state index in [0.717, 1.165) is 38.8 Å². The minimum Gasteiger partial charge on any atom is -0.350 e. The first-order valence-corrected chi connectivity index (χ1v) is 7.06. The molecule has 5 nitrogen and oxygen atoms in total. The molecule has 3 atom stereocenters. The van der Waals surface area contributed by atoms with Crippen LogP contribution in [0.25, 0.3) is 0 Å². The molecule has 1 aliphatic carbocycles. The van der Waals surface area contributed by atoms with Crippen LogP contribution in [0.2, 0.25) is 0 Å². The van der Waals surface area contributed by atoms with Gasteiger partial charge >= 0.3 is 0 Å². The number of nitrogens with one attached hydrogen (secondary N) is 2. The van der Waals surface area contributed by atoms with Crippen LogP contribution in [-0.2, 0) is 9.59 Å². The number of hydrogen-bond donors (Lipinski definition) is 2. The summed E-state index contributed by atoms with van der Waals surface area (Å²) in [5, 5.41) is 6.27. The van der Waals surface area contributed by atoms with Crippen LogP contribution in [0.3, 0.4) is 0 Å². The van der Waals surface area contributed by atoms with Gasteiger partial charge in [0.15, 0.2) is 0 Å². The lowest BCUT2D eigenvalue weighted by Gasteiger charge is -2.44. The standard InChI is InChI=1S/C13H21N3O2/c17-12-8-16(13(18)9-5-6-14-7-9)11-4-2-1-3-10(11)15-12/h9-11,14H,1-8H2,(H,15,17). The molecule has 1 saturated carbocycles. The minimum absolute atomic E-state index is 0.0115. The first kappa shape index (κ1) is 12.0. The third-order valence-corrected chi connectivity index (χ3v) is 4.48. The highest BCUT2D eigenvalue weighted by Crippen LogP contribution is 2.27. The Morgan fingerprint density at radius 1 is 1.22 bits per heavy atom. The zero-order valence-electron chi connectivity index (χ0n) is 10.7. The van der Waals surface area contributed by atoms with Crippen molar-refractivity contribution in [3.8, 4) is 0 Å². The largest absolute Gasteiger partial charge is 0.350 e. The Morgan fingerprint density at radius 2 is 2.06 bits per heavy atom.